The van der Waals surface area contributed by atoms with Crippen LogP contribution in [0.5, 0.6) is 5.75 Å². The fourth-order valence-corrected chi connectivity index (χ4v) is 6.67. The predicted octanol–water partition coefficient (Wildman–Crippen LogP) is 3.37. The maximum absolute atomic E-state index is 13.3. The van der Waals surface area contributed by atoms with Crippen molar-refractivity contribution in [2.45, 2.75) is 17.7 Å². The van der Waals surface area contributed by atoms with Crippen molar-refractivity contribution in [2.24, 2.45) is 5.92 Å². The SMILES string of the molecule is COc1ccccc1N1CCN(S(=O)(=O)c2ccc(NC(=O)C3CC(=O)N(CCc4ccc(F)cc4)C3)cc2)CC1. The van der Waals surface area contributed by atoms with E-state index in [0.29, 0.717) is 51.4 Å². The Morgan fingerprint density at radius 3 is 2.34 bits per heavy atom. The van der Waals surface area contributed by atoms with Gasteiger partial charge in [0.1, 0.15) is 11.6 Å². The summed E-state index contributed by atoms with van der Waals surface area (Å²) in [5, 5.41) is 2.81. The van der Waals surface area contributed by atoms with Crippen LogP contribution in [-0.4, -0.2) is 75.8 Å². The van der Waals surface area contributed by atoms with Gasteiger partial charge in [0.25, 0.3) is 0 Å². The van der Waals surface area contributed by atoms with Crippen LogP contribution < -0.4 is 15.0 Å². The Morgan fingerprint density at radius 1 is 0.976 bits per heavy atom. The van der Waals surface area contributed by atoms with E-state index < -0.39 is 15.9 Å². The monoisotopic (exact) mass is 580 g/mol. The number of rotatable bonds is 9. The minimum atomic E-state index is -3.70. The third-order valence-corrected chi connectivity index (χ3v) is 9.51. The van der Waals surface area contributed by atoms with E-state index in [2.05, 4.69) is 10.2 Å². The van der Waals surface area contributed by atoms with Gasteiger partial charge in [-0.3, -0.25) is 9.59 Å². The third kappa shape index (κ3) is 6.52. The van der Waals surface area contributed by atoms with Crippen LogP contribution in [0, 0.1) is 11.7 Å². The topological polar surface area (TPSA) is 99.3 Å². The minimum Gasteiger partial charge on any atom is -0.495 e. The zero-order valence-corrected chi connectivity index (χ0v) is 23.6. The molecule has 9 nitrogen and oxygen atoms in total. The van der Waals surface area contributed by atoms with Crippen molar-refractivity contribution in [3.05, 3.63) is 84.2 Å². The van der Waals surface area contributed by atoms with E-state index in [1.807, 2.05) is 24.3 Å². The standard InChI is InChI=1S/C30H33FN4O5S/c1-40-28-5-3-2-4-27(28)33-16-18-35(19-17-33)41(38,39)26-12-10-25(11-13-26)32-30(37)23-20-29(36)34(21-23)15-14-22-6-8-24(31)9-7-22/h2-13,23H,14-21H2,1H3,(H,32,37). The third-order valence-electron chi connectivity index (χ3n) is 7.59. The molecule has 1 N–H and O–H groups in total. The number of halogens is 1. The molecule has 216 valence electrons. The number of likely N-dealkylation sites (tertiary alicyclic amines) is 1. The molecule has 5 rings (SSSR count). The molecule has 2 aliphatic heterocycles. The van der Waals surface area contributed by atoms with Crippen molar-refractivity contribution in [1.82, 2.24) is 9.21 Å². The highest BCUT2D eigenvalue weighted by atomic mass is 32.2. The summed E-state index contributed by atoms with van der Waals surface area (Å²) in [5.41, 5.74) is 2.32. The van der Waals surface area contributed by atoms with Gasteiger partial charge in [-0.25, -0.2) is 12.8 Å². The highest BCUT2D eigenvalue weighted by molar-refractivity contribution is 7.89. The molecule has 1 unspecified atom stereocenters. The number of hydrogen-bond donors (Lipinski definition) is 1. The van der Waals surface area contributed by atoms with Crippen molar-refractivity contribution >= 4 is 33.2 Å². The lowest BCUT2D eigenvalue weighted by Gasteiger charge is -2.35. The van der Waals surface area contributed by atoms with E-state index in [1.54, 1.807) is 36.3 Å². The highest BCUT2D eigenvalue weighted by Crippen LogP contribution is 2.29. The molecule has 3 aromatic rings. The first kappa shape index (κ1) is 28.6. The molecule has 2 amide bonds. The van der Waals surface area contributed by atoms with E-state index in [1.165, 1.54) is 28.6 Å². The second kappa shape index (κ2) is 12.3. The molecule has 2 heterocycles. The Kier molecular flexibility index (Phi) is 8.55. The average molecular weight is 581 g/mol. The van der Waals surface area contributed by atoms with E-state index in [-0.39, 0.29) is 28.9 Å². The van der Waals surface area contributed by atoms with Gasteiger partial charge in [-0.15, -0.1) is 0 Å². The number of sulfonamides is 1. The number of methoxy groups -OCH3 is 1. The van der Waals surface area contributed by atoms with Crippen LogP contribution in [-0.2, 0) is 26.0 Å². The van der Waals surface area contributed by atoms with Gasteiger partial charge < -0.3 is 19.9 Å². The average Bonchev–Trinajstić information content (AvgIpc) is 3.37. The molecule has 41 heavy (non-hydrogen) atoms. The minimum absolute atomic E-state index is 0.0977. The lowest BCUT2D eigenvalue weighted by atomic mass is 10.1. The van der Waals surface area contributed by atoms with Gasteiger partial charge in [-0.1, -0.05) is 24.3 Å². The molecule has 2 saturated heterocycles. The van der Waals surface area contributed by atoms with E-state index >= 15 is 0 Å². The van der Waals surface area contributed by atoms with Gasteiger partial charge in [0.15, 0.2) is 0 Å². The summed E-state index contributed by atoms with van der Waals surface area (Å²) in [7, 11) is -2.08. The van der Waals surface area contributed by atoms with E-state index in [0.717, 1.165) is 17.0 Å². The number of para-hydroxylation sites is 2. The first-order valence-corrected chi connectivity index (χ1v) is 15.0. The first-order chi connectivity index (χ1) is 19.7. The van der Waals surface area contributed by atoms with Crippen molar-refractivity contribution < 1.29 is 27.1 Å². The van der Waals surface area contributed by atoms with Crippen LogP contribution in [0.15, 0.2) is 77.7 Å². The van der Waals surface area contributed by atoms with E-state index in [9.17, 15) is 22.4 Å². The van der Waals surface area contributed by atoms with Crippen molar-refractivity contribution in [2.75, 3.05) is 56.6 Å². The second-order valence-electron chi connectivity index (χ2n) is 10.2. The zero-order valence-electron chi connectivity index (χ0n) is 22.8. The maximum Gasteiger partial charge on any atom is 0.243 e. The molecule has 2 fully saturated rings. The Labute approximate surface area is 239 Å². The Hall–Kier alpha value is -3.96. The molecule has 1 atom stereocenters. The van der Waals surface area contributed by atoms with Gasteiger partial charge in [0, 0.05) is 51.4 Å². The number of nitrogens with zero attached hydrogens (tertiary/aromatic N) is 3. The van der Waals surface area contributed by atoms with E-state index in [4.69, 9.17) is 4.74 Å². The van der Waals surface area contributed by atoms with Crippen LogP contribution in [0.2, 0.25) is 0 Å². The summed E-state index contributed by atoms with van der Waals surface area (Å²) in [6.07, 6.45) is 0.689. The summed E-state index contributed by atoms with van der Waals surface area (Å²) < 4.78 is 46.6. The predicted molar refractivity (Wildman–Crippen MR) is 154 cm³/mol. The normalized spacial score (nSPS) is 18.0. The van der Waals surface area contributed by atoms with Crippen molar-refractivity contribution in [3.8, 4) is 5.75 Å². The molecule has 0 saturated carbocycles. The lowest BCUT2D eigenvalue weighted by Crippen LogP contribution is -2.48. The summed E-state index contributed by atoms with van der Waals surface area (Å²) in [6.45, 7) is 2.51. The number of amides is 2. The Morgan fingerprint density at radius 2 is 1.66 bits per heavy atom. The fraction of sp³-hybridized carbons (Fsp3) is 0.333. The number of carbonyl (C=O) groups excluding carboxylic acids is 2. The summed E-state index contributed by atoms with van der Waals surface area (Å²) in [6, 6.07) is 19.9. The van der Waals surface area contributed by atoms with Crippen molar-refractivity contribution in [3.63, 3.8) is 0 Å². The molecule has 0 aromatic heterocycles. The molecule has 3 aromatic carbocycles. The molecule has 0 aliphatic carbocycles. The van der Waals surface area contributed by atoms with Crippen LogP contribution in [0.3, 0.4) is 0 Å². The molecule has 0 bridgehead atoms. The van der Waals surface area contributed by atoms with Gasteiger partial charge in [-0.2, -0.15) is 4.31 Å². The largest absolute Gasteiger partial charge is 0.495 e. The fourth-order valence-electron chi connectivity index (χ4n) is 5.24. The Bertz CT molecular complexity index is 1490. The van der Waals surface area contributed by atoms with Gasteiger partial charge in [-0.05, 0) is 60.5 Å². The van der Waals surface area contributed by atoms with Gasteiger partial charge >= 0.3 is 0 Å². The molecule has 0 spiro atoms. The van der Waals surface area contributed by atoms with Gasteiger partial charge in [0.05, 0.1) is 23.6 Å². The molecular weight excluding hydrogens is 547 g/mol. The van der Waals surface area contributed by atoms with Crippen LogP contribution in [0.25, 0.3) is 0 Å². The smallest absolute Gasteiger partial charge is 0.243 e. The lowest BCUT2D eigenvalue weighted by molar-refractivity contribution is -0.128. The number of benzene rings is 3. The molecule has 0 radical (unpaired) electrons. The summed E-state index contributed by atoms with van der Waals surface area (Å²) >= 11 is 0. The van der Waals surface area contributed by atoms with Crippen LogP contribution in [0.1, 0.15) is 12.0 Å². The van der Waals surface area contributed by atoms with Crippen molar-refractivity contribution in [1.29, 1.82) is 0 Å². The molecule has 2 aliphatic rings. The second-order valence-corrected chi connectivity index (χ2v) is 12.1. The van der Waals surface area contributed by atoms with Crippen LogP contribution in [0.4, 0.5) is 15.8 Å². The number of ether oxygens (including phenoxy) is 1. The van der Waals surface area contributed by atoms with Crippen LogP contribution >= 0.6 is 0 Å². The highest BCUT2D eigenvalue weighted by Gasteiger charge is 2.34. The first-order valence-electron chi connectivity index (χ1n) is 13.6. The molecular formula is C30H33FN4O5S. The van der Waals surface area contributed by atoms with Gasteiger partial charge in [0.2, 0.25) is 21.8 Å². The summed E-state index contributed by atoms with van der Waals surface area (Å²) in [4.78, 5) is 29.2. The zero-order chi connectivity index (χ0) is 29.0. The Balaban J connectivity index is 1.14. The maximum atomic E-state index is 13.3. The summed E-state index contributed by atoms with van der Waals surface area (Å²) in [5.74, 6) is -0.443. The number of hydrogen-bond acceptors (Lipinski definition) is 6. The number of piperazine rings is 1. The molecule has 11 heteroatoms. The number of anilines is 2. The number of carbonyl (C=O) groups is 2. The quantitative estimate of drug-likeness (QED) is 0.417. The number of nitrogens with one attached hydrogen (secondary N) is 1.